The Morgan fingerprint density at radius 3 is 2.75 bits per heavy atom. The average molecular weight is 235 g/mol. The Kier molecular flexibility index (Phi) is 3.92. The normalized spacial score (nSPS) is 9.94. The fraction of sp³-hybridized carbons (Fsp3) is 0.250. The van der Waals surface area contributed by atoms with E-state index in [1.54, 1.807) is 0 Å². The summed E-state index contributed by atoms with van der Waals surface area (Å²) in [6, 6.07) is 0.361. The second-order valence-electron chi connectivity index (χ2n) is 2.69. The number of primary amides is 1. The van der Waals surface area contributed by atoms with E-state index in [1.165, 1.54) is 0 Å². The van der Waals surface area contributed by atoms with Crippen molar-refractivity contribution in [2.75, 3.05) is 18.5 Å². The molecule has 0 fully saturated rings. The topological polar surface area (TPSA) is 77.2 Å². The molecule has 1 amide bonds. The molecule has 0 saturated carbocycles. The lowest BCUT2D eigenvalue weighted by Crippen LogP contribution is -2.19. The number of hydrogen-bond donors (Lipinski definition) is 2. The minimum atomic E-state index is -1.42. The summed E-state index contributed by atoms with van der Waals surface area (Å²) >= 11 is 0. The zero-order valence-corrected chi connectivity index (χ0v) is 7.97. The number of rotatable bonds is 4. The number of nitrogens with two attached hydrogens (primary N) is 1. The highest BCUT2D eigenvalue weighted by Crippen LogP contribution is 2.13. The molecule has 16 heavy (non-hydrogen) atoms. The molecule has 1 heterocycles. The SMILES string of the molecule is NC(=O)OCCNc1nc(F)c(F)cc1F. The van der Waals surface area contributed by atoms with Gasteiger partial charge in [-0.1, -0.05) is 0 Å². The number of carbonyl (C=O) groups excluding carboxylic acids is 1. The fourth-order valence-electron chi connectivity index (χ4n) is 0.889. The van der Waals surface area contributed by atoms with Crippen LogP contribution in [0.2, 0.25) is 0 Å². The summed E-state index contributed by atoms with van der Waals surface area (Å²) in [7, 11) is 0. The van der Waals surface area contributed by atoms with Gasteiger partial charge in [0.15, 0.2) is 17.5 Å². The molecule has 0 spiro atoms. The molecule has 0 aliphatic carbocycles. The predicted octanol–water partition coefficient (Wildman–Crippen LogP) is 1.01. The van der Waals surface area contributed by atoms with Crippen LogP contribution in [0.3, 0.4) is 0 Å². The third-order valence-corrected chi connectivity index (χ3v) is 1.53. The van der Waals surface area contributed by atoms with Gasteiger partial charge in [-0.05, 0) is 0 Å². The summed E-state index contributed by atoms with van der Waals surface area (Å²) in [4.78, 5) is 13.1. The van der Waals surface area contributed by atoms with E-state index in [-0.39, 0.29) is 13.2 Å². The van der Waals surface area contributed by atoms with Gasteiger partial charge in [0, 0.05) is 6.07 Å². The number of pyridine rings is 1. The Labute approximate surface area is 88.4 Å². The first kappa shape index (κ1) is 12.1. The third kappa shape index (κ3) is 3.30. The minimum Gasteiger partial charge on any atom is -0.448 e. The highest BCUT2D eigenvalue weighted by Gasteiger charge is 2.10. The predicted molar refractivity (Wildman–Crippen MR) is 48.1 cm³/mol. The second kappa shape index (κ2) is 5.19. The molecule has 0 saturated heterocycles. The molecule has 0 aromatic carbocycles. The lowest BCUT2D eigenvalue weighted by Gasteiger charge is -2.06. The van der Waals surface area contributed by atoms with Gasteiger partial charge >= 0.3 is 6.09 Å². The molecule has 0 bridgehead atoms. The van der Waals surface area contributed by atoms with Gasteiger partial charge in [0.25, 0.3) is 5.95 Å². The smallest absolute Gasteiger partial charge is 0.404 e. The number of hydrogen-bond acceptors (Lipinski definition) is 4. The second-order valence-corrected chi connectivity index (χ2v) is 2.69. The van der Waals surface area contributed by atoms with E-state index in [2.05, 4.69) is 20.8 Å². The molecule has 1 aromatic heterocycles. The Hall–Kier alpha value is -1.99. The molecule has 88 valence electrons. The summed E-state index contributed by atoms with van der Waals surface area (Å²) in [5.74, 6) is -4.30. The van der Waals surface area contributed by atoms with Crippen LogP contribution in [0, 0.1) is 17.6 Å². The minimum absolute atomic E-state index is 0.0298. The van der Waals surface area contributed by atoms with Crippen LogP contribution in [0.15, 0.2) is 6.07 Å². The first-order chi connectivity index (χ1) is 7.50. The van der Waals surface area contributed by atoms with Crippen molar-refractivity contribution < 1.29 is 22.7 Å². The van der Waals surface area contributed by atoms with Crippen LogP contribution in [-0.4, -0.2) is 24.2 Å². The van der Waals surface area contributed by atoms with Gasteiger partial charge < -0.3 is 15.8 Å². The van der Waals surface area contributed by atoms with E-state index < -0.39 is 29.5 Å². The van der Waals surface area contributed by atoms with Crippen LogP contribution >= 0.6 is 0 Å². The lowest BCUT2D eigenvalue weighted by molar-refractivity contribution is 0.161. The van der Waals surface area contributed by atoms with Crippen LogP contribution in [0.1, 0.15) is 0 Å². The Balaban J connectivity index is 2.54. The van der Waals surface area contributed by atoms with E-state index in [0.29, 0.717) is 6.07 Å². The molecular weight excluding hydrogens is 227 g/mol. The van der Waals surface area contributed by atoms with Crippen molar-refractivity contribution >= 4 is 11.9 Å². The average Bonchev–Trinajstić information content (AvgIpc) is 2.19. The van der Waals surface area contributed by atoms with Gasteiger partial charge in [-0.15, -0.1) is 0 Å². The molecule has 0 aliphatic rings. The van der Waals surface area contributed by atoms with Gasteiger partial charge in [-0.25, -0.2) is 13.6 Å². The summed E-state index contributed by atoms with van der Waals surface area (Å²) in [6.07, 6.45) is -0.986. The van der Waals surface area contributed by atoms with E-state index in [4.69, 9.17) is 0 Å². The maximum atomic E-state index is 13.0. The number of carbonyl (C=O) groups is 1. The van der Waals surface area contributed by atoms with Crippen LogP contribution in [0.25, 0.3) is 0 Å². The Morgan fingerprint density at radius 2 is 2.12 bits per heavy atom. The van der Waals surface area contributed by atoms with Gasteiger partial charge in [0.1, 0.15) is 6.61 Å². The standard InChI is InChI=1S/C8H8F3N3O2/c9-4-3-5(10)7(14-6(4)11)13-1-2-16-8(12)15/h3H,1-2H2,(H2,12,15)(H,13,14). The number of ether oxygens (including phenoxy) is 1. The number of halogens is 3. The van der Waals surface area contributed by atoms with Crippen molar-refractivity contribution in [3.05, 3.63) is 23.6 Å². The fourth-order valence-corrected chi connectivity index (χ4v) is 0.889. The summed E-state index contributed by atoms with van der Waals surface area (Å²) in [6.45, 7) is -0.173. The lowest BCUT2D eigenvalue weighted by atomic mass is 10.4. The molecule has 5 nitrogen and oxygen atoms in total. The molecule has 3 N–H and O–H groups in total. The van der Waals surface area contributed by atoms with Crippen molar-refractivity contribution in [2.24, 2.45) is 5.73 Å². The maximum absolute atomic E-state index is 13.0. The molecule has 0 radical (unpaired) electrons. The Morgan fingerprint density at radius 1 is 1.44 bits per heavy atom. The summed E-state index contributed by atoms with van der Waals surface area (Å²) < 4.78 is 42.3. The van der Waals surface area contributed by atoms with Crippen LogP contribution in [-0.2, 0) is 4.74 Å². The van der Waals surface area contributed by atoms with Crippen molar-refractivity contribution in [1.82, 2.24) is 4.98 Å². The highest BCUT2D eigenvalue weighted by atomic mass is 19.2. The van der Waals surface area contributed by atoms with Crippen molar-refractivity contribution in [1.29, 1.82) is 0 Å². The number of nitrogens with zero attached hydrogens (tertiary/aromatic N) is 1. The monoisotopic (exact) mass is 235 g/mol. The highest BCUT2D eigenvalue weighted by molar-refractivity contribution is 5.64. The zero-order valence-electron chi connectivity index (χ0n) is 7.97. The quantitative estimate of drug-likeness (QED) is 0.603. The van der Waals surface area contributed by atoms with Gasteiger partial charge in [-0.2, -0.15) is 9.37 Å². The van der Waals surface area contributed by atoms with E-state index >= 15 is 0 Å². The first-order valence-electron chi connectivity index (χ1n) is 4.18. The molecule has 0 atom stereocenters. The first-order valence-corrected chi connectivity index (χ1v) is 4.18. The van der Waals surface area contributed by atoms with Gasteiger partial charge in [0.2, 0.25) is 0 Å². The van der Waals surface area contributed by atoms with Crippen LogP contribution < -0.4 is 11.1 Å². The zero-order chi connectivity index (χ0) is 12.1. The van der Waals surface area contributed by atoms with E-state index in [0.717, 1.165) is 0 Å². The van der Waals surface area contributed by atoms with E-state index in [9.17, 15) is 18.0 Å². The van der Waals surface area contributed by atoms with Crippen molar-refractivity contribution in [3.63, 3.8) is 0 Å². The summed E-state index contributed by atoms with van der Waals surface area (Å²) in [5, 5.41) is 2.31. The molecule has 0 aliphatic heterocycles. The van der Waals surface area contributed by atoms with Crippen molar-refractivity contribution in [2.45, 2.75) is 0 Å². The van der Waals surface area contributed by atoms with Crippen molar-refractivity contribution in [3.8, 4) is 0 Å². The molecule has 0 unspecified atom stereocenters. The maximum Gasteiger partial charge on any atom is 0.404 e. The Bertz CT molecular complexity index is 400. The van der Waals surface area contributed by atoms with Gasteiger partial charge in [0.05, 0.1) is 6.54 Å². The number of nitrogens with one attached hydrogen (secondary N) is 1. The third-order valence-electron chi connectivity index (χ3n) is 1.53. The number of aromatic nitrogens is 1. The van der Waals surface area contributed by atoms with Gasteiger partial charge in [-0.3, -0.25) is 0 Å². The molecule has 1 rings (SSSR count). The molecule has 1 aromatic rings. The van der Waals surface area contributed by atoms with Crippen LogP contribution in [0.4, 0.5) is 23.8 Å². The molecule has 8 heteroatoms. The number of anilines is 1. The summed E-state index contributed by atoms with van der Waals surface area (Å²) in [5.41, 5.74) is 4.66. The molecular formula is C8H8F3N3O2. The largest absolute Gasteiger partial charge is 0.448 e. The van der Waals surface area contributed by atoms with Crippen LogP contribution in [0.5, 0.6) is 0 Å². The van der Waals surface area contributed by atoms with E-state index in [1.807, 2.05) is 0 Å². The number of amides is 1.